The van der Waals surface area contributed by atoms with Gasteiger partial charge >= 0.3 is 0 Å². The molecule has 0 radical (unpaired) electrons. The van der Waals surface area contributed by atoms with Crippen molar-refractivity contribution in [3.8, 4) is 0 Å². The van der Waals surface area contributed by atoms with Crippen LogP contribution in [0.25, 0.3) is 0 Å². The molecule has 0 aromatic heterocycles. The summed E-state index contributed by atoms with van der Waals surface area (Å²) in [5.41, 5.74) is 6.81. The number of rotatable bonds is 5. The Hall–Kier alpha value is -0.380. The first-order valence-electron chi connectivity index (χ1n) is 5.77. The molecular weight excluding hydrogens is 302 g/mol. The molecule has 0 spiro atoms. The summed E-state index contributed by atoms with van der Waals surface area (Å²) in [6, 6.07) is 5.63. The average Bonchev–Trinajstić information content (AvgIpc) is 3.05. The number of carbonyl (C=O) groups excluding carboxylic acids is 1. The lowest BCUT2D eigenvalue weighted by atomic mass is 10.0. The fourth-order valence-corrected chi connectivity index (χ4v) is 2.64. The molecule has 0 bridgehead atoms. The number of hydrogen-bond acceptors (Lipinski definition) is 2. The van der Waals surface area contributed by atoms with E-state index in [9.17, 15) is 4.79 Å². The third-order valence-corrected chi connectivity index (χ3v) is 3.94. The van der Waals surface area contributed by atoms with Crippen molar-refractivity contribution in [1.82, 2.24) is 0 Å². The van der Waals surface area contributed by atoms with Gasteiger partial charge in [-0.1, -0.05) is 33.6 Å². The quantitative estimate of drug-likeness (QED) is 0.905. The van der Waals surface area contributed by atoms with Crippen molar-refractivity contribution in [2.75, 3.05) is 0 Å². The Morgan fingerprint density at radius 3 is 2.82 bits per heavy atom. The van der Waals surface area contributed by atoms with Crippen LogP contribution in [0.5, 0.6) is 0 Å². The number of ketones is 1. The molecule has 1 aromatic carbocycles. The minimum absolute atomic E-state index is 0.0386. The molecule has 2 N–H and O–H groups in total. The lowest BCUT2D eigenvalue weighted by molar-refractivity contribution is -0.118. The zero-order valence-corrected chi connectivity index (χ0v) is 11.8. The van der Waals surface area contributed by atoms with E-state index in [0.717, 1.165) is 10.0 Å². The van der Waals surface area contributed by atoms with Crippen LogP contribution in [0.4, 0.5) is 0 Å². The molecule has 0 saturated heterocycles. The van der Waals surface area contributed by atoms with Crippen molar-refractivity contribution in [2.45, 2.75) is 31.7 Å². The molecular formula is C13H15BrClNO. The van der Waals surface area contributed by atoms with E-state index in [0.29, 0.717) is 23.8 Å². The highest BCUT2D eigenvalue weighted by Crippen LogP contribution is 2.33. The fourth-order valence-electron chi connectivity index (χ4n) is 1.90. The van der Waals surface area contributed by atoms with Crippen LogP contribution in [0.2, 0.25) is 5.02 Å². The molecule has 0 amide bonds. The Morgan fingerprint density at radius 1 is 1.53 bits per heavy atom. The Bertz CT molecular complexity index is 431. The van der Waals surface area contributed by atoms with E-state index in [4.69, 9.17) is 17.3 Å². The monoisotopic (exact) mass is 315 g/mol. The second-order valence-corrected chi connectivity index (χ2v) is 5.98. The van der Waals surface area contributed by atoms with E-state index >= 15 is 0 Å². The summed E-state index contributed by atoms with van der Waals surface area (Å²) in [5, 5.41) is 0.632. The third-order valence-electron chi connectivity index (χ3n) is 3.09. The maximum absolute atomic E-state index is 11.8. The van der Waals surface area contributed by atoms with Crippen molar-refractivity contribution >= 4 is 33.3 Å². The third kappa shape index (κ3) is 3.80. The summed E-state index contributed by atoms with van der Waals surface area (Å²) < 4.78 is 0.924. The first-order valence-corrected chi connectivity index (χ1v) is 6.94. The molecule has 0 aliphatic heterocycles. The van der Waals surface area contributed by atoms with Crippen LogP contribution >= 0.6 is 27.5 Å². The summed E-state index contributed by atoms with van der Waals surface area (Å²) in [6.45, 7) is 0. The molecule has 4 heteroatoms. The first-order chi connectivity index (χ1) is 8.06. The Labute approximate surface area is 115 Å². The van der Waals surface area contributed by atoms with Crippen LogP contribution in [0.15, 0.2) is 22.7 Å². The van der Waals surface area contributed by atoms with Crippen LogP contribution in [0.3, 0.4) is 0 Å². The Kier molecular flexibility index (Phi) is 4.23. The van der Waals surface area contributed by atoms with Crippen molar-refractivity contribution in [3.05, 3.63) is 33.3 Å². The normalized spacial score (nSPS) is 16.9. The predicted octanol–water partition coefficient (Wildman–Crippen LogP) is 3.34. The van der Waals surface area contributed by atoms with E-state index < -0.39 is 0 Å². The highest BCUT2D eigenvalue weighted by atomic mass is 79.9. The van der Waals surface area contributed by atoms with Gasteiger partial charge in [0.05, 0.1) is 0 Å². The molecule has 2 rings (SSSR count). The predicted molar refractivity (Wildman–Crippen MR) is 73.2 cm³/mol. The molecule has 1 unspecified atom stereocenters. The summed E-state index contributed by atoms with van der Waals surface area (Å²) >= 11 is 9.41. The first kappa shape index (κ1) is 13.1. The zero-order valence-electron chi connectivity index (χ0n) is 9.46. The molecule has 1 fully saturated rings. The highest BCUT2D eigenvalue weighted by Gasteiger charge is 2.29. The van der Waals surface area contributed by atoms with Crippen LogP contribution < -0.4 is 5.73 Å². The van der Waals surface area contributed by atoms with E-state index in [1.54, 1.807) is 0 Å². The number of carbonyl (C=O) groups is 1. The van der Waals surface area contributed by atoms with Crippen molar-refractivity contribution < 1.29 is 4.79 Å². The standard InChI is InChI=1S/C13H15BrClNO/c14-10-4-3-9(12(15)6-10)5-11(17)7-13(16)8-1-2-8/h3-4,6,8,13H,1-2,5,7,16H2. The van der Waals surface area contributed by atoms with Crippen LogP contribution in [-0.4, -0.2) is 11.8 Å². The summed E-state index contributed by atoms with van der Waals surface area (Å²) in [7, 11) is 0. The van der Waals surface area contributed by atoms with E-state index in [-0.39, 0.29) is 11.8 Å². The number of halogens is 2. The summed E-state index contributed by atoms with van der Waals surface area (Å²) in [5.74, 6) is 0.743. The van der Waals surface area contributed by atoms with Gasteiger partial charge < -0.3 is 5.73 Å². The number of benzene rings is 1. The smallest absolute Gasteiger partial charge is 0.138 e. The van der Waals surface area contributed by atoms with Gasteiger partial charge in [0.1, 0.15) is 5.78 Å². The molecule has 92 valence electrons. The topological polar surface area (TPSA) is 43.1 Å². The van der Waals surface area contributed by atoms with Crippen LogP contribution in [0, 0.1) is 5.92 Å². The van der Waals surface area contributed by atoms with E-state index in [1.165, 1.54) is 12.8 Å². The van der Waals surface area contributed by atoms with Gasteiger partial charge in [-0.2, -0.15) is 0 Å². The molecule has 0 heterocycles. The maximum atomic E-state index is 11.8. The fraction of sp³-hybridized carbons (Fsp3) is 0.462. The Morgan fingerprint density at radius 2 is 2.24 bits per heavy atom. The van der Waals surface area contributed by atoms with E-state index in [1.807, 2.05) is 18.2 Å². The average molecular weight is 317 g/mol. The number of nitrogens with two attached hydrogens (primary N) is 1. The minimum Gasteiger partial charge on any atom is -0.327 e. The minimum atomic E-state index is 0.0386. The second kappa shape index (κ2) is 5.51. The molecule has 17 heavy (non-hydrogen) atoms. The molecule has 1 saturated carbocycles. The SMILES string of the molecule is NC(CC(=O)Cc1ccc(Br)cc1Cl)C1CC1. The largest absolute Gasteiger partial charge is 0.327 e. The van der Waals surface area contributed by atoms with Gasteiger partial charge in [0, 0.05) is 28.4 Å². The highest BCUT2D eigenvalue weighted by molar-refractivity contribution is 9.10. The van der Waals surface area contributed by atoms with Crippen molar-refractivity contribution in [2.24, 2.45) is 11.7 Å². The van der Waals surface area contributed by atoms with Gasteiger partial charge in [0.25, 0.3) is 0 Å². The van der Waals surface area contributed by atoms with Crippen molar-refractivity contribution in [3.63, 3.8) is 0 Å². The molecule has 2 nitrogen and oxygen atoms in total. The number of hydrogen-bond donors (Lipinski definition) is 1. The van der Waals surface area contributed by atoms with Gasteiger partial charge in [-0.25, -0.2) is 0 Å². The van der Waals surface area contributed by atoms with Crippen LogP contribution in [-0.2, 0) is 11.2 Å². The molecule has 1 aliphatic carbocycles. The lowest BCUT2D eigenvalue weighted by Gasteiger charge is -2.09. The van der Waals surface area contributed by atoms with Gasteiger partial charge in [-0.15, -0.1) is 0 Å². The van der Waals surface area contributed by atoms with Gasteiger partial charge in [0.15, 0.2) is 0 Å². The molecule has 1 aliphatic rings. The number of Topliss-reactive ketones (excluding diaryl/α,β-unsaturated/α-hetero) is 1. The summed E-state index contributed by atoms with van der Waals surface area (Å²) in [4.78, 5) is 11.8. The lowest BCUT2D eigenvalue weighted by Crippen LogP contribution is -2.26. The second-order valence-electron chi connectivity index (χ2n) is 4.66. The molecule has 1 aromatic rings. The van der Waals surface area contributed by atoms with E-state index in [2.05, 4.69) is 15.9 Å². The molecule has 1 atom stereocenters. The van der Waals surface area contributed by atoms with Crippen LogP contribution in [0.1, 0.15) is 24.8 Å². The van der Waals surface area contributed by atoms with Gasteiger partial charge in [-0.05, 0) is 36.5 Å². The van der Waals surface area contributed by atoms with Gasteiger partial charge in [-0.3, -0.25) is 4.79 Å². The van der Waals surface area contributed by atoms with Gasteiger partial charge in [0.2, 0.25) is 0 Å². The summed E-state index contributed by atoms with van der Waals surface area (Å²) in [6.07, 6.45) is 3.20. The Balaban J connectivity index is 1.92. The maximum Gasteiger partial charge on any atom is 0.138 e. The van der Waals surface area contributed by atoms with Crippen molar-refractivity contribution in [1.29, 1.82) is 0 Å². The zero-order chi connectivity index (χ0) is 12.4.